The van der Waals surface area contributed by atoms with E-state index in [4.69, 9.17) is 0 Å². The smallest absolute Gasteiger partial charge is 0.314 e. The third kappa shape index (κ3) is 2.31. The van der Waals surface area contributed by atoms with E-state index in [2.05, 4.69) is 16.7 Å². The van der Waals surface area contributed by atoms with Crippen molar-refractivity contribution >= 4 is 23.2 Å². The van der Waals surface area contributed by atoms with Crippen molar-refractivity contribution in [2.24, 2.45) is 5.92 Å². The number of urea groups is 1. The van der Waals surface area contributed by atoms with Crippen molar-refractivity contribution in [3.05, 3.63) is 35.0 Å². The monoisotopic (exact) mass is 296 g/mol. The quantitative estimate of drug-likeness (QED) is 0.843. The molecule has 2 amide bonds. The predicted molar refractivity (Wildman–Crippen MR) is 81.7 cm³/mol. The standard InChI is InChI=1S/C16H16N4O2/c1-10-12(9-21)2-3-15-14(10)4-13(5-17)20(15)8-11-6-18-16(22)19-7-11/h2-4,9,11H,6-8H2,1H3,(H2,18,19,22). The Kier molecular flexibility index (Phi) is 3.55. The zero-order chi connectivity index (χ0) is 15.7. The van der Waals surface area contributed by atoms with Gasteiger partial charge >= 0.3 is 6.03 Å². The summed E-state index contributed by atoms with van der Waals surface area (Å²) in [6.45, 7) is 3.70. The number of nitriles is 1. The fourth-order valence-electron chi connectivity index (χ4n) is 2.91. The molecule has 1 saturated heterocycles. The average Bonchev–Trinajstić information content (AvgIpc) is 2.89. The van der Waals surface area contributed by atoms with E-state index in [0.29, 0.717) is 30.9 Å². The molecule has 1 fully saturated rings. The first kappa shape index (κ1) is 14.1. The molecular formula is C16H16N4O2. The highest BCUT2D eigenvalue weighted by Gasteiger charge is 2.20. The van der Waals surface area contributed by atoms with Crippen LogP contribution in [0.15, 0.2) is 18.2 Å². The first-order valence-electron chi connectivity index (χ1n) is 7.14. The SMILES string of the molecule is Cc1c(C=O)ccc2c1cc(C#N)n2CC1CNC(=O)NC1. The Morgan fingerprint density at radius 2 is 2.14 bits per heavy atom. The van der Waals surface area contributed by atoms with Gasteiger partial charge in [-0.05, 0) is 30.7 Å². The predicted octanol–water partition coefficient (Wildman–Crippen LogP) is 1.56. The first-order valence-corrected chi connectivity index (χ1v) is 7.14. The minimum Gasteiger partial charge on any atom is -0.338 e. The van der Waals surface area contributed by atoms with E-state index in [1.165, 1.54) is 0 Å². The normalized spacial score (nSPS) is 15.2. The lowest BCUT2D eigenvalue weighted by molar-refractivity contribution is 0.112. The number of amides is 2. The van der Waals surface area contributed by atoms with E-state index in [1.54, 1.807) is 6.07 Å². The number of aryl methyl sites for hydroxylation is 1. The summed E-state index contributed by atoms with van der Waals surface area (Å²) in [4.78, 5) is 22.2. The summed E-state index contributed by atoms with van der Waals surface area (Å²) in [6.07, 6.45) is 0.832. The number of aromatic nitrogens is 1. The third-order valence-corrected chi connectivity index (χ3v) is 4.18. The Hall–Kier alpha value is -2.81. The zero-order valence-corrected chi connectivity index (χ0v) is 12.2. The number of benzene rings is 1. The van der Waals surface area contributed by atoms with Crippen LogP contribution < -0.4 is 10.6 Å². The molecule has 6 heteroatoms. The summed E-state index contributed by atoms with van der Waals surface area (Å²) >= 11 is 0. The molecule has 0 spiro atoms. The molecule has 0 bridgehead atoms. The number of nitrogens with one attached hydrogen (secondary N) is 2. The summed E-state index contributed by atoms with van der Waals surface area (Å²) < 4.78 is 1.96. The minimum atomic E-state index is -0.152. The van der Waals surface area contributed by atoms with Crippen molar-refractivity contribution in [3.63, 3.8) is 0 Å². The molecule has 0 atom stereocenters. The molecule has 112 valence electrons. The van der Waals surface area contributed by atoms with Crippen molar-refractivity contribution in [1.82, 2.24) is 15.2 Å². The van der Waals surface area contributed by atoms with Crippen LogP contribution in [0.3, 0.4) is 0 Å². The number of carbonyl (C=O) groups excluding carboxylic acids is 2. The highest BCUT2D eigenvalue weighted by atomic mass is 16.2. The van der Waals surface area contributed by atoms with Gasteiger partial charge in [-0.25, -0.2) is 4.79 Å². The lowest BCUT2D eigenvalue weighted by Gasteiger charge is -2.24. The Labute approximate surface area is 127 Å². The fourth-order valence-corrected chi connectivity index (χ4v) is 2.91. The van der Waals surface area contributed by atoms with E-state index in [1.807, 2.05) is 23.6 Å². The van der Waals surface area contributed by atoms with Gasteiger partial charge in [0.15, 0.2) is 0 Å². The molecule has 1 aliphatic rings. The number of fused-ring (bicyclic) bond motifs is 1. The Morgan fingerprint density at radius 1 is 1.41 bits per heavy atom. The highest BCUT2D eigenvalue weighted by Crippen LogP contribution is 2.26. The fraction of sp³-hybridized carbons (Fsp3) is 0.312. The summed E-state index contributed by atoms with van der Waals surface area (Å²) in [7, 11) is 0. The number of rotatable bonds is 3. The second-order valence-corrected chi connectivity index (χ2v) is 5.54. The second kappa shape index (κ2) is 5.53. The van der Waals surface area contributed by atoms with Crippen LogP contribution in [0.25, 0.3) is 10.9 Å². The average molecular weight is 296 g/mol. The lowest BCUT2D eigenvalue weighted by atomic mass is 10.1. The van der Waals surface area contributed by atoms with E-state index < -0.39 is 0 Å². The molecule has 2 heterocycles. The number of aldehydes is 1. The van der Waals surface area contributed by atoms with Crippen LogP contribution in [0.1, 0.15) is 21.6 Å². The van der Waals surface area contributed by atoms with Crippen LogP contribution in [0, 0.1) is 24.2 Å². The van der Waals surface area contributed by atoms with Gasteiger partial charge in [0.1, 0.15) is 18.0 Å². The van der Waals surface area contributed by atoms with E-state index >= 15 is 0 Å². The molecule has 0 aliphatic carbocycles. The van der Waals surface area contributed by atoms with E-state index in [-0.39, 0.29) is 11.9 Å². The molecule has 1 aliphatic heterocycles. The molecule has 1 aromatic heterocycles. The summed E-state index contributed by atoms with van der Waals surface area (Å²) in [5, 5.41) is 15.8. The van der Waals surface area contributed by atoms with Crippen molar-refractivity contribution in [2.75, 3.05) is 13.1 Å². The van der Waals surface area contributed by atoms with Crippen molar-refractivity contribution in [3.8, 4) is 6.07 Å². The molecule has 2 aromatic rings. The zero-order valence-electron chi connectivity index (χ0n) is 12.2. The number of hydrogen-bond acceptors (Lipinski definition) is 3. The van der Waals surface area contributed by atoms with Crippen LogP contribution in [-0.4, -0.2) is 30.0 Å². The maximum atomic E-state index is 11.1. The van der Waals surface area contributed by atoms with Crippen LogP contribution in [0.4, 0.5) is 4.79 Å². The van der Waals surface area contributed by atoms with E-state index in [0.717, 1.165) is 22.8 Å². The van der Waals surface area contributed by atoms with Gasteiger partial charge in [0.2, 0.25) is 0 Å². The van der Waals surface area contributed by atoms with Gasteiger partial charge in [-0.1, -0.05) is 0 Å². The third-order valence-electron chi connectivity index (χ3n) is 4.18. The van der Waals surface area contributed by atoms with Crippen LogP contribution in [0.2, 0.25) is 0 Å². The summed E-state index contributed by atoms with van der Waals surface area (Å²) in [5.41, 5.74) is 3.04. The van der Waals surface area contributed by atoms with Gasteiger partial charge in [-0.3, -0.25) is 4.79 Å². The maximum Gasteiger partial charge on any atom is 0.314 e. The molecular weight excluding hydrogens is 280 g/mol. The number of nitrogens with zero attached hydrogens (tertiary/aromatic N) is 2. The van der Waals surface area contributed by atoms with E-state index in [9.17, 15) is 14.9 Å². The first-order chi connectivity index (χ1) is 10.6. The molecule has 1 aromatic carbocycles. The van der Waals surface area contributed by atoms with Crippen molar-refractivity contribution < 1.29 is 9.59 Å². The van der Waals surface area contributed by atoms with Crippen LogP contribution >= 0.6 is 0 Å². The number of carbonyl (C=O) groups is 2. The molecule has 2 N–H and O–H groups in total. The van der Waals surface area contributed by atoms with Crippen molar-refractivity contribution in [1.29, 1.82) is 5.26 Å². The number of hydrogen-bond donors (Lipinski definition) is 2. The summed E-state index contributed by atoms with van der Waals surface area (Å²) in [6, 6.07) is 7.55. The maximum absolute atomic E-state index is 11.1. The Balaban J connectivity index is 2.01. The molecule has 0 saturated carbocycles. The van der Waals surface area contributed by atoms with Crippen LogP contribution in [0.5, 0.6) is 0 Å². The van der Waals surface area contributed by atoms with Crippen molar-refractivity contribution in [2.45, 2.75) is 13.5 Å². The molecule has 3 rings (SSSR count). The van der Waals surface area contributed by atoms with Crippen LogP contribution in [-0.2, 0) is 6.54 Å². The largest absolute Gasteiger partial charge is 0.338 e. The molecule has 6 nitrogen and oxygen atoms in total. The van der Waals surface area contributed by atoms with Gasteiger partial charge < -0.3 is 15.2 Å². The second-order valence-electron chi connectivity index (χ2n) is 5.54. The van der Waals surface area contributed by atoms with Gasteiger partial charge in [0.05, 0.1) is 0 Å². The molecule has 0 radical (unpaired) electrons. The lowest BCUT2D eigenvalue weighted by Crippen LogP contribution is -2.49. The molecule has 0 unspecified atom stereocenters. The topological polar surface area (TPSA) is 86.9 Å². The summed E-state index contributed by atoms with van der Waals surface area (Å²) in [5.74, 6) is 0.214. The van der Waals surface area contributed by atoms with Gasteiger partial charge in [0, 0.05) is 42.0 Å². The minimum absolute atomic E-state index is 0.152. The van der Waals surface area contributed by atoms with Gasteiger partial charge in [-0.2, -0.15) is 5.26 Å². The highest BCUT2D eigenvalue weighted by molar-refractivity contribution is 5.92. The van der Waals surface area contributed by atoms with Gasteiger partial charge in [0.25, 0.3) is 0 Å². The Morgan fingerprint density at radius 3 is 2.77 bits per heavy atom. The molecule has 22 heavy (non-hydrogen) atoms. The van der Waals surface area contributed by atoms with Gasteiger partial charge in [-0.15, -0.1) is 0 Å². The Bertz CT molecular complexity index is 791.